The van der Waals surface area contributed by atoms with E-state index in [9.17, 15) is 14.7 Å². The second kappa shape index (κ2) is 9.29. The van der Waals surface area contributed by atoms with Crippen molar-refractivity contribution in [1.82, 2.24) is 9.69 Å². The first kappa shape index (κ1) is 18.3. The van der Waals surface area contributed by atoms with Gasteiger partial charge in [0.15, 0.2) is 0 Å². The monoisotopic (exact) mass is 365 g/mol. The predicted octanol–water partition coefficient (Wildman–Crippen LogP) is 4.06. The van der Waals surface area contributed by atoms with Gasteiger partial charge in [0, 0.05) is 12.3 Å². The molecule has 2 rings (SSSR count). The van der Waals surface area contributed by atoms with Crippen molar-refractivity contribution in [3.8, 4) is 0 Å². The second-order valence-electron chi connectivity index (χ2n) is 5.01. The number of thioether (sulfide) groups is 1. The van der Waals surface area contributed by atoms with Gasteiger partial charge in [0.1, 0.15) is 15.6 Å². The average Bonchev–Trinajstić information content (AvgIpc) is 2.97. The van der Waals surface area contributed by atoms with Crippen molar-refractivity contribution in [2.75, 3.05) is 11.9 Å². The molecule has 2 amide bonds. The summed E-state index contributed by atoms with van der Waals surface area (Å²) in [5, 5.41) is 15.4. The number of nitrogens with zero attached hydrogens (tertiary/aromatic N) is 1. The number of nitrogens with one attached hydrogen (secondary N) is 2. The molecule has 0 fully saturated rings. The number of hydrogen-bond donors (Lipinski definition) is 3. The number of aromatic nitrogens is 1. The number of rotatable bonds is 8. The van der Waals surface area contributed by atoms with E-state index >= 15 is 0 Å². The molecule has 0 aliphatic carbocycles. The Hall–Kier alpha value is -2.06. The molecule has 1 heterocycles. The van der Waals surface area contributed by atoms with Gasteiger partial charge >= 0.3 is 12.0 Å². The van der Waals surface area contributed by atoms with Crippen LogP contribution in [0.2, 0.25) is 0 Å². The molecular formula is C16H19N3O3S2. The number of carboxylic acids is 1. The summed E-state index contributed by atoms with van der Waals surface area (Å²) in [6, 6.07) is 9.33. The topological polar surface area (TPSA) is 91.3 Å². The summed E-state index contributed by atoms with van der Waals surface area (Å²) in [6.07, 6.45) is 1.85. The van der Waals surface area contributed by atoms with Crippen molar-refractivity contribution in [1.29, 1.82) is 0 Å². The Balaban J connectivity index is 2.03. The van der Waals surface area contributed by atoms with Crippen LogP contribution in [0, 0.1) is 0 Å². The van der Waals surface area contributed by atoms with Crippen LogP contribution in [0.5, 0.6) is 0 Å². The molecule has 0 aliphatic heterocycles. The van der Waals surface area contributed by atoms with E-state index in [0.29, 0.717) is 17.3 Å². The number of benzene rings is 1. The summed E-state index contributed by atoms with van der Waals surface area (Å²) in [6.45, 7) is 2.58. The molecule has 6 nitrogen and oxygen atoms in total. The van der Waals surface area contributed by atoms with Gasteiger partial charge in [-0.2, -0.15) is 4.37 Å². The molecule has 2 aromatic rings. The van der Waals surface area contributed by atoms with Gasteiger partial charge in [-0.15, -0.1) is 0 Å². The van der Waals surface area contributed by atoms with E-state index in [4.69, 9.17) is 0 Å². The van der Waals surface area contributed by atoms with Gasteiger partial charge in [0.05, 0.1) is 0 Å². The highest BCUT2D eigenvalue weighted by Crippen LogP contribution is 2.33. The average molecular weight is 365 g/mol. The molecule has 0 atom stereocenters. The molecule has 0 bridgehead atoms. The molecule has 24 heavy (non-hydrogen) atoms. The Morgan fingerprint density at radius 1 is 1.29 bits per heavy atom. The highest BCUT2D eigenvalue weighted by Gasteiger charge is 2.22. The Labute approximate surface area is 148 Å². The number of unbranched alkanes of at least 4 members (excludes halogenated alkanes) is 1. The highest BCUT2D eigenvalue weighted by atomic mass is 32.2. The Morgan fingerprint density at radius 2 is 2.04 bits per heavy atom. The van der Waals surface area contributed by atoms with Crippen LogP contribution in [0.25, 0.3) is 0 Å². The van der Waals surface area contributed by atoms with Gasteiger partial charge < -0.3 is 10.4 Å². The smallest absolute Gasteiger partial charge is 0.341 e. The summed E-state index contributed by atoms with van der Waals surface area (Å²) in [5.74, 6) is -0.476. The maximum Gasteiger partial charge on any atom is 0.341 e. The largest absolute Gasteiger partial charge is 0.477 e. The van der Waals surface area contributed by atoms with Gasteiger partial charge in [-0.3, -0.25) is 5.32 Å². The lowest BCUT2D eigenvalue weighted by molar-refractivity contribution is 0.0694. The zero-order chi connectivity index (χ0) is 17.4. The van der Waals surface area contributed by atoms with Crippen molar-refractivity contribution in [3.05, 3.63) is 41.5 Å². The van der Waals surface area contributed by atoms with Crippen molar-refractivity contribution < 1.29 is 14.7 Å². The highest BCUT2D eigenvalue weighted by molar-refractivity contribution is 7.98. The number of aromatic carboxylic acids is 1. The number of amides is 2. The van der Waals surface area contributed by atoms with Crippen LogP contribution in [-0.4, -0.2) is 28.0 Å². The number of carbonyl (C=O) groups excluding carboxylic acids is 1. The van der Waals surface area contributed by atoms with Crippen LogP contribution < -0.4 is 10.6 Å². The lowest BCUT2D eigenvalue weighted by Crippen LogP contribution is -2.29. The number of carboxylic acid groups (broad SMARTS) is 1. The van der Waals surface area contributed by atoms with Gasteiger partial charge in [-0.05, 0) is 23.5 Å². The van der Waals surface area contributed by atoms with E-state index in [1.165, 1.54) is 11.8 Å². The van der Waals surface area contributed by atoms with Crippen molar-refractivity contribution in [2.24, 2.45) is 0 Å². The van der Waals surface area contributed by atoms with Crippen molar-refractivity contribution in [3.63, 3.8) is 0 Å². The number of carbonyl (C=O) groups is 2. The van der Waals surface area contributed by atoms with Crippen LogP contribution in [-0.2, 0) is 5.75 Å². The van der Waals surface area contributed by atoms with Crippen LogP contribution in [0.15, 0.2) is 35.4 Å². The van der Waals surface area contributed by atoms with Gasteiger partial charge in [-0.1, -0.05) is 55.4 Å². The van der Waals surface area contributed by atoms with Gasteiger partial charge in [0.25, 0.3) is 0 Å². The number of urea groups is 1. The second-order valence-corrected chi connectivity index (χ2v) is 6.74. The zero-order valence-electron chi connectivity index (χ0n) is 13.2. The fraction of sp³-hybridized carbons (Fsp3) is 0.312. The summed E-state index contributed by atoms with van der Waals surface area (Å²) in [4.78, 5) is 23.3. The minimum Gasteiger partial charge on any atom is -0.477 e. The lowest BCUT2D eigenvalue weighted by Gasteiger charge is -2.06. The molecule has 0 saturated heterocycles. The summed E-state index contributed by atoms with van der Waals surface area (Å²) in [7, 11) is 0. The SMILES string of the molecule is CCCCNC(=O)Nc1snc(SCc2ccccc2)c1C(=O)O. The van der Waals surface area contributed by atoms with Crippen LogP contribution >= 0.6 is 23.3 Å². The first-order valence-electron chi connectivity index (χ1n) is 7.56. The predicted molar refractivity (Wildman–Crippen MR) is 97.0 cm³/mol. The fourth-order valence-corrected chi connectivity index (χ4v) is 3.80. The number of hydrogen-bond acceptors (Lipinski definition) is 5. The minimum absolute atomic E-state index is 0.0478. The Bertz CT molecular complexity index is 689. The quantitative estimate of drug-likeness (QED) is 0.485. The third kappa shape index (κ3) is 5.24. The molecule has 128 valence electrons. The molecule has 0 saturated carbocycles. The molecule has 0 unspecified atom stereocenters. The molecule has 1 aromatic heterocycles. The van der Waals surface area contributed by atoms with E-state index in [1.807, 2.05) is 37.3 Å². The molecule has 0 spiro atoms. The summed E-state index contributed by atoms with van der Waals surface area (Å²) in [5.41, 5.74) is 1.13. The molecule has 8 heteroatoms. The van der Waals surface area contributed by atoms with Crippen molar-refractivity contribution >= 4 is 40.3 Å². The first-order valence-corrected chi connectivity index (χ1v) is 9.32. The fourth-order valence-electron chi connectivity index (χ4n) is 1.90. The normalized spacial score (nSPS) is 10.4. The van der Waals surface area contributed by atoms with Crippen LogP contribution in [0.3, 0.4) is 0 Å². The maximum atomic E-state index is 11.8. The lowest BCUT2D eigenvalue weighted by atomic mass is 10.2. The zero-order valence-corrected chi connectivity index (χ0v) is 14.9. The molecule has 1 aromatic carbocycles. The third-order valence-electron chi connectivity index (χ3n) is 3.14. The summed E-state index contributed by atoms with van der Waals surface area (Å²) < 4.78 is 4.18. The van der Waals surface area contributed by atoms with E-state index in [-0.39, 0.29) is 10.6 Å². The van der Waals surface area contributed by atoms with Gasteiger partial charge in [0.2, 0.25) is 0 Å². The first-order chi connectivity index (χ1) is 11.6. The molecule has 0 aliphatic rings. The van der Waals surface area contributed by atoms with Crippen molar-refractivity contribution in [2.45, 2.75) is 30.5 Å². The molecule has 3 N–H and O–H groups in total. The van der Waals surface area contributed by atoms with E-state index in [1.54, 1.807) is 0 Å². The van der Waals surface area contributed by atoms with E-state index in [2.05, 4.69) is 15.0 Å². The molecular weight excluding hydrogens is 346 g/mol. The summed E-state index contributed by atoms with van der Waals surface area (Å²) >= 11 is 2.33. The standard InChI is InChI=1S/C16H19N3O3S2/c1-2-3-9-17-16(22)18-13-12(15(20)21)14(19-24-13)23-10-11-7-5-4-6-8-11/h4-8H,2-3,9-10H2,1H3,(H,20,21)(H2,17,18,22). The third-order valence-corrected chi connectivity index (χ3v) is 5.06. The maximum absolute atomic E-state index is 11.8. The van der Waals surface area contributed by atoms with E-state index < -0.39 is 12.0 Å². The minimum atomic E-state index is -1.09. The van der Waals surface area contributed by atoms with Gasteiger partial charge in [-0.25, -0.2) is 9.59 Å². The number of anilines is 1. The Kier molecular flexibility index (Phi) is 7.07. The van der Waals surface area contributed by atoms with E-state index in [0.717, 1.165) is 29.9 Å². The Morgan fingerprint density at radius 3 is 2.71 bits per heavy atom. The van der Waals surface area contributed by atoms with Crippen LogP contribution in [0.1, 0.15) is 35.7 Å². The van der Waals surface area contributed by atoms with Crippen LogP contribution in [0.4, 0.5) is 9.80 Å². The molecule has 0 radical (unpaired) electrons.